The molecular weight excluding hydrogens is 458 g/mol. The molecule has 4 rings (SSSR count). The summed E-state index contributed by atoms with van der Waals surface area (Å²) in [4.78, 5) is 5.16. The average molecular weight is 494 g/mol. The van der Waals surface area contributed by atoms with Crippen molar-refractivity contribution in [3.63, 3.8) is 0 Å². The number of fused-ring (bicyclic) bond motifs is 2. The van der Waals surface area contributed by atoms with Crippen molar-refractivity contribution in [1.29, 1.82) is 10.5 Å². The Kier molecular flexibility index (Phi) is 7.55. The molecule has 0 fully saturated rings. The van der Waals surface area contributed by atoms with E-state index in [-0.39, 0.29) is 0 Å². The van der Waals surface area contributed by atoms with Crippen LogP contribution in [0.4, 0.5) is 0 Å². The molecule has 0 saturated heterocycles. The minimum atomic E-state index is -1.27. The molecule has 1 aliphatic carbocycles. The highest BCUT2D eigenvalue weighted by Gasteiger charge is 2.77. The number of hydrogen-bond acceptors (Lipinski definition) is 7. The monoisotopic (exact) mass is 493 g/mol. The number of nitriles is 2. The second kappa shape index (κ2) is 10.3. The van der Waals surface area contributed by atoms with E-state index < -0.39 is 21.1 Å². The first-order valence-corrected chi connectivity index (χ1v) is 14.5. The van der Waals surface area contributed by atoms with Gasteiger partial charge in [-0.3, -0.25) is 0 Å². The molecule has 0 spiro atoms. The van der Waals surface area contributed by atoms with Gasteiger partial charge in [0.1, 0.15) is 5.84 Å². The van der Waals surface area contributed by atoms with E-state index >= 15 is 0 Å². The topological polar surface area (TPSA) is 98.0 Å². The summed E-state index contributed by atoms with van der Waals surface area (Å²) in [7, 11) is 0. The van der Waals surface area contributed by atoms with Gasteiger partial charge in [0.25, 0.3) is 0 Å². The zero-order valence-electron chi connectivity index (χ0n) is 20.3. The normalized spacial score (nSPS) is 29.3. The zero-order valence-corrected chi connectivity index (χ0v) is 21.9. The number of rotatable bonds is 9. The van der Waals surface area contributed by atoms with Gasteiger partial charge in [-0.05, 0) is 61.2 Å². The molecule has 0 amide bonds. The summed E-state index contributed by atoms with van der Waals surface area (Å²) in [5.41, 5.74) is 7.62. The molecule has 0 unspecified atom stereocenters. The van der Waals surface area contributed by atoms with Crippen LogP contribution in [-0.4, -0.2) is 21.5 Å². The highest BCUT2D eigenvalue weighted by molar-refractivity contribution is 8.18. The number of hydrogen-bond donors (Lipinski definition) is 2. The van der Waals surface area contributed by atoms with Gasteiger partial charge in [-0.25, -0.2) is 4.99 Å². The van der Waals surface area contributed by atoms with E-state index in [2.05, 4.69) is 31.3 Å². The van der Waals surface area contributed by atoms with Crippen molar-refractivity contribution >= 4 is 29.4 Å². The molecule has 0 aromatic heterocycles. The summed E-state index contributed by atoms with van der Waals surface area (Å²) < 4.78 is -0.820. The molecule has 2 aliphatic heterocycles. The van der Waals surface area contributed by atoms with Crippen molar-refractivity contribution in [3.8, 4) is 12.1 Å². The number of nitrogens with zero attached hydrogens (tertiary/aromatic N) is 3. The Morgan fingerprint density at radius 3 is 2.26 bits per heavy atom. The molecule has 3 aliphatic rings. The van der Waals surface area contributed by atoms with Crippen LogP contribution in [0, 0.1) is 33.5 Å². The van der Waals surface area contributed by atoms with Crippen molar-refractivity contribution in [2.75, 3.05) is 11.5 Å². The minimum Gasteiger partial charge on any atom is -0.386 e. The van der Waals surface area contributed by atoms with Crippen molar-refractivity contribution in [2.24, 2.45) is 21.6 Å². The van der Waals surface area contributed by atoms with Crippen molar-refractivity contribution in [1.82, 2.24) is 5.32 Å². The van der Waals surface area contributed by atoms with E-state index in [9.17, 15) is 10.5 Å². The number of aliphatic imine (C=N–C) groups is 1. The number of nitrogens with one attached hydrogen (secondary N) is 1. The number of unbranched alkanes of at least 4 members (excludes halogenated alkanes) is 2. The van der Waals surface area contributed by atoms with Crippen LogP contribution in [0.15, 0.2) is 46.6 Å². The lowest BCUT2D eigenvalue weighted by Gasteiger charge is -2.54. The Morgan fingerprint density at radius 2 is 1.68 bits per heavy atom. The van der Waals surface area contributed by atoms with Gasteiger partial charge in [0.15, 0.2) is 15.0 Å². The fourth-order valence-electron chi connectivity index (χ4n) is 5.77. The lowest BCUT2D eigenvalue weighted by atomic mass is 9.53. The van der Waals surface area contributed by atoms with Gasteiger partial charge >= 0.3 is 0 Å². The third kappa shape index (κ3) is 3.55. The summed E-state index contributed by atoms with van der Waals surface area (Å²) in [6.45, 7) is 4.36. The van der Waals surface area contributed by atoms with Crippen LogP contribution in [0.3, 0.4) is 0 Å². The highest BCUT2D eigenvalue weighted by atomic mass is 32.2. The standard InChI is InChI=1S/C27H35N5S2/c1-3-5-16-33-27(34-17-6-4-2)26(19-29)21-14-10-11-15-22(21)31-23(20-12-8-7-9-13-20)25(26,18-28)24(30)32-27/h7-9,12-13,23,31H,3-6,10-11,14-17H2,1-2H3,(H2,30,32)/t23-,25+,26+/m1/s1. The van der Waals surface area contributed by atoms with E-state index in [4.69, 9.17) is 10.7 Å². The van der Waals surface area contributed by atoms with E-state index in [1.807, 2.05) is 30.3 Å². The Balaban J connectivity index is 1.99. The molecule has 2 heterocycles. The lowest BCUT2D eigenvalue weighted by Crippen LogP contribution is -2.62. The largest absolute Gasteiger partial charge is 0.386 e. The fourth-order valence-corrected chi connectivity index (χ4v) is 9.44. The molecule has 3 atom stereocenters. The molecule has 1 aromatic carbocycles. The second-order valence-electron chi connectivity index (χ2n) is 9.42. The fraction of sp³-hybridized carbons (Fsp3) is 0.593. The molecule has 34 heavy (non-hydrogen) atoms. The number of benzene rings is 1. The number of nitrogens with two attached hydrogens (primary N) is 1. The Labute approximate surface area is 212 Å². The maximum absolute atomic E-state index is 11.2. The van der Waals surface area contributed by atoms with Crippen LogP contribution in [-0.2, 0) is 0 Å². The van der Waals surface area contributed by atoms with Gasteiger partial charge < -0.3 is 11.1 Å². The van der Waals surface area contributed by atoms with Crippen LogP contribution in [0.5, 0.6) is 0 Å². The van der Waals surface area contributed by atoms with Gasteiger partial charge in [0.2, 0.25) is 0 Å². The van der Waals surface area contributed by atoms with Gasteiger partial charge in [-0.1, -0.05) is 57.0 Å². The summed E-state index contributed by atoms with van der Waals surface area (Å²) in [6.07, 6.45) is 8.07. The van der Waals surface area contributed by atoms with Crippen LogP contribution in [0.25, 0.3) is 0 Å². The molecule has 0 radical (unpaired) electrons. The number of allylic oxidation sites excluding steroid dienone is 1. The third-order valence-electron chi connectivity index (χ3n) is 7.48. The highest BCUT2D eigenvalue weighted by Crippen LogP contribution is 2.72. The molecule has 180 valence electrons. The first kappa shape index (κ1) is 25.0. The van der Waals surface area contributed by atoms with Crippen LogP contribution < -0.4 is 11.1 Å². The molecule has 0 bridgehead atoms. The van der Waals surface area contributed by atoms with Crippen LogP contribution >= 0.6 is 23.5 Å². The Morgan fingerprint density at radius 1 is 1.03 bits per heavy atom. The first-order chi connectivity index (χ1) is 16.6. The van der Waals surface area contributed by atoms with Crippen LogP contribution in [0.1, 0.15) is 76.8 Å². The Hall–Kier alpha value is -2.09. The summed E-state index contributed by atoms with van der Waals surface area (Å²) >= 11 is 3.49. The molecular formula is C27H35N5S2. The maximum atomic E-state index is 11.2. The lowest BCUT2D eigenvalue weighted by molar-refractivity contribution is 0.185. The summed E-state index contributed by atoms with van der Waals surface area (Å²) in [6, 6.07) is 15.0. The third-order valence-corrected chi connectivity index (χ3v) is 10.7. The predicted octanol–water partition coefficient (Wildman–Crippen LogP) is 6.27. The predicted molar refractivity (Wildman–Crippen MR) is 143 cm³/mol. The molecule has 3 N–H and O–H groups in total. The van der Waals surface area contributed by atoms with Crippen molar-refractivity contribution in [2.45, 2.75) is 75.5 Å². The smallest absolute Gasteiger partial charge is 0.178 e. The SMILES string of the molecule is CCCCSC1(SCCCC)N=C(N)[C@]2(C#N)[C@@H](c3ccccc3)NC3=C(CCCC3)[C@]12C#N. The van der Waals surface area contributed by atoms with E-state index in [1.165, 1.54) is 0 Å². The summed E-state index contributed by atoms with van der Waals surface area (Å²) in [5.74, 6) is 2.09. The maximum Gasteiger partial charge on any atom is 0.178 e. The van der Waals surface area contributed by atoms with E-state index in [0.717, 1.165) is 79.7 Å². The molecule has 5 nitrogen and oxygen atoms in total. The number of amidine groups is 1. The number of thioether (sulfide) groups is 2. The van der Waals surface area contributed by atoms with Crippen molar-refractivity contribution in [3.05, 3.63) is 47.2 Å². The van der Waals surface area contributed by atoms with Crippen molar-refractivity contribution < 1.29 is 0 Å². The first-order valence-electron chi connectivity index (χ1n) is 12.6. The molecule has 0 saturated carbocycles. The van der Waals surface area contributed by atoms with Gasteiger partial charge in [-0.2, -0.15) is 10.5 Å². The quantitative estimate of drug-likeness (QED) is 0.311. The van der Waals surface area contributed by atoms with Gasteiger partial charge in [0.05, 0.1) is 18.2 Å². The van der Waals surface area contributed by atoms with Crippen LogP contribution in [0.2, 0.25) is 0 Å². The van der Waals surface area contributed by atoms with E-state index in [1.54, 1.807) is 23.5 Å². The minimum absolute atomic E-state index is 0.308. The molecule has 1 aromatic rings. The second-order valence-corrected chi connectivity index (χ2v) is 12.3. The van der Waals surface area contributed by atoms with Gasteiger partial charge in [0, 0.05) is 5.70 Å². The van der Waals surface area contributed by atoms with Gasteiger partial charge in [-0.15, -0.1) is 23.5 Å². The molecule has 7 heteroatoms. The summed E-state index contributed by atoms with van der Waals surface area (Å²) in [5, 5.41) is 25.9. The zero-order chi connectivity index (χ0) is 24.2. The van der Waals surface area contributed by atoms with E-state index in [0.29, 0.717) is 5.84 Å². The Bertz CT molecular complexity index is 1030. The average Bonchev–Trinajstić information content (AvgIpc) is 3.10.